The highest BCUT2D eigenvalue weighted by Crippen LogP contribution is 2.58. The third kappa shape index (κ3) is 5.36. The van der Waals surface area contributed by atoms with Crippen LogP contribution < -0.4 is 9.64 Å². The SMILES string of the molecule is CC1(C)c2ccccc2-c2c(-n3c4ccccc4c4ccc(N(c5ccccc5)c5ccc6c(c5)C(c5ccccc5)(c5cccc7ccccc57)c5ccccc5O6)cc43)cccc21. The fraction of sp³-hybridized carbons (Fsp3) is 0.0645. The van der Waals surface area contributed by atoms with Crippen molar-refractivity contribution < 1.29 is 4.74 Å². The van der Waals surface area contributed by atoms with E-state index in [1.54, 1.807) is 0 Å². The molecule has 0 fully saturated rings. The molecule has 308 valence electrons. The second-order valence-corrected chi connectivity index (χ2v) is 18.0. The van der Waals surface area contributed by atoms with Crippen LogP contribution in [0, 0.1) is 0 Å². The Labute approximate surface area is 379 Å². The molecule has 1 aliphatic carbocycles. The van der Waals surface area contributed by atoms with Crippen molar-refractivity contribution in [3.05, 3.63) is 264 Å². The summed E-state index contributed by atoms with van der Waals surface area (Å²) < 4.78 is 9.45. The molecule has 0 radical (unpaired) electrons. The normalized spacial score (nSPS) is 15.5. The molecule has 3 nitrogen and oxygen atoms in total. The first kappa shape index (κ1) is 37.4. The summed E-state index contributed by atoms with van der Waals surface area (Å²) in [5.74, 6) is 1.70. The van der Waals surface area contributed by atoms with Crippen molar-refractivity contribution in [1.29, 1.82) is 0 Å². The molecule has 0 N–H and O–H groups in total. The molecule has 0 saturated heterocycles. The summed E-state index contributed by atoms with van der Waals surface area (Å²) in [6.45, 7) is 4.72. The van der Waals surface area contributed by atoms with Crippen molar-refractivity contribution in [3.8, 4) is 28.3 Å². The fourth-order valence-electron chi connectivity index (χ4n) is 11.5. The molecule has 0 spiro atoms. The first-order valence-corrected chi connectivity index (χ1v) is 22.6. The maximum Gasteiger partial charge on any atom is 0.132 e. The summed E-state index contributed by atoms with van der Waals surface area (Å²) in [4.78, 5) is 2.41. The molecule has 10 aromatic carbocycles. The van der Waals surface area contributed by atoms with Gasteiger partial charge in [-0.2, -0.15) is 0 Å². The van der Waals surface area contributed by atoms with Crippen LogP contribution in [-0.2, 0) is 10.8 Å². The highest BCUT2D eigenvalue weighted by molar-refractivity contribution is 6.11. The first-order valence-electron chi connectivity index (χ1n) is 22.6. The topological polar surface area (TPSA) is 17.4 Å². The summed E-state index contributed by atoms with van der Waals surface area (Å²) >= 11 is 0. The van der Waals surface area contributed by atoms with Gasteiger partial charge < -0.3 is 14.2 Å². The lowest BCUT2D eigenvalue weighted by Gasteiger charge is -2.42. The molecule has 1 aliphatic heterocycles. The van der Waals surface area contributed by atoms with Gasteiger partial charge in [-0.1, -0.05) is 184 Å². The minimum Gasteiger partial charge on any atom is -0.457 e. The summed E-state index contributed by atoms with van der Waals surface area (Å²) in [6.07, 6.45) is 0. The summed E-state index contributed by atoms with van der Waals surface area (Å²) in [6, 6.07) is 84.4. The zero-order valence-electron chi connectivity index (χ0n) is 36.2. The second kappa shape index (κ2) is 14.2. The van der Waals surface area contributed by atoms with Crippen molar-refractivity contribution in [3.63, 3.8) is 0 Å². The van der Waals surface area contributed by atoms with Gasteiger partial charge >= 0.3 is 0 Å². The molecule has 0 bridgehead atoms. The van der Waals surface area contributed by atoms with E-state index >= 15 is 0 Å². The Morgan fingerprint density at radius 2 is 1.00 bits per heavy atom. The van der Waals surface area contributed by atoms with Gasteiger partial charge in [0, 0.05) is 49.9 Å². The van der Waals surface area contributed by atoms with Gasteiger partial charge in [0.1, 0.15) is 11.5 Å². The molecule has 1 aromatic heterocycles. The van der Waals surface area contributed by atoms with E-state index in [2.05, 4.69) is 254 Å². The van der Waals surface area contributed by atoms with Crippen LogP contribution in [0.15, 0.2) is 231 Å². The van der Waals surface area contributed by atoms with E-state index in [4.69, 9.17) is 4.74 Å². The number of ether oxygens (including phenoxy) is 1. The van der Waals surface area contributed by atoms with E-state index in [1.165, 1.54) is 66.1 Å². The molecule has 11 aromatic rings. The van der Waals surface area contributed by atoms with Crippen molar-refractivity contribution in [2.24, 2.45) is 0 Å². The Balaban J connectivity index is 1.08. The monoisotopic (exact) mass is 832 g/mol. The number of fused-ring (bicyclic) bond motifs is 9. The van der Waals surface area contributed by atoms with Crippen molar-refractivity contribution in [2.75, 3.05) is 4.90 Å². The maximum atomic E-state index is 6.94. The number of para-hydroxylation sites is 3. The molecule has 13 rings (SSSR count). The number of nitrogens with zero attached hydrogens (tertiary/aromatic N) is 2. The molecular formula is C62H44N2O. The van der Waals surface area contributed by atoms with E-state index in [0.29, 0.717) is 0 Å². The van der Waals surface area contributed by atoms with Crippen LogP contribution in [0.4, 0.5) is 17.1 Å². The molecule has 3 heteroatoms. The van der Waals surface area contributed by atoms with E-state index in [9.17, 15) is 0 Å². The zero-order valence-corrected chi connectivity index (χ0v) is 36.2. The van der Waals surface area contributed by atoms with Gasteiger partial charge in [0.05, 0.1) is 22.1 Å². The molecule has 65 heavy (non-hydrogen) atoms. The van der Waals surface area contributed by atoms with E-state index < -0.39 is 5.41 Å². The van der Waals surface area contributed by atoms with Gasteiger partial charge in [-0.3, -0.25) is 0 Å². The number of benzene rings is 10. The van der Waals surface area contributed by atoms with E-state index in [1.807, 2.05) is 0 Å². The Kier molecular flexibility index (Phi) is 8.17. The van der Waals surface area contributed by atoms with Crippen LogP contribution in [0.5, 0.6) is 11.5 Å². The van der Waals surface area contributed by atoms with Crippen LogP contribution in [0.1, 0.15) is 47.2 Å². The summed E-state index contributed by atoms with van der Waals surface area (Å²) in [5, 5.41) is 4.86. The molecule has 2 heterocycles. The number of rotatable bonds is 6. The molecule has 2 aliphatic rings. The lowest BCUT2D eigenvalue weighted by atomic mass is 9.62. The molecule has 1 unspecified atom stereocenters. The molecular weight excluding hydrogens is 789 g/mol. The Hall–Kier alpha value is -8.14. The lowest BCUT2D eigenvalue weighted by Crippen LogP contribution is -2.34. The third-order valence-electron chi connectivity index (χ3n) is 14.3. The summed E-state index contributed by atoms with van der Waals surface area (Å²) in [7, 11) is 0. The predicted molar refractivity (Wildman–Crippen MR) is 269 cm³/mol. The Bertz CT molecular complexity index is 3670. The molecule has 1 atom stereocenters. The minimum atomic E-state index is -0.710. The second-order valence-electron chi connectivity index (χ2n) is 18.0. The smallest absolute Gasteiger partial charge is 0.132 e. The number of aromatic nitrogens is 1. The summed E-state index contributed by atoms with van der Waals surface area (Å²) in [5.41, 5.74) is 15.8. The van der Waals surface area contributed by atoms with E-state index in [-0.39, 0.29) is 5.41 Å². The lowest BCUT2D eigenvalue weighted by molar-refractivity contribution is 0.435. The first-order chi connectivity index (χ1) is 32.0. The van der Waals surface area contributed by atoms with E-state index in [0.717, 1.165) is 45.2 Å². The van der Waals surface area contributed by atoms with Gasteiger partial charge in [0.15, 0.2) is 0 Å². The predicted octanol–water partition coefficient (Wildman–Crippen LogP) is 16.2. The minimum absolute atomic E-state index is 0.117. The van der Waals surface area contributed by atoms with Crippen molar-refractivity contribution in [2.45, 2.75) is 24.7 Å². The van der Waals surface area contributed by atoms with Crippen LogP contribution in [0.2, 0.25) is 0 Å². The molecule has 0 saturated carbocycles. The van der Waals surface area contributed by atoms with Gasteiger partial charge in [-0.05, 0) is 99.3 Å². The average molecular weight is 833 g/mol. The highest BCUT2D eigenvalue weighted by Gasteiger charge is 2.46. The number of anilines is 3. The number of hydrogen-bond donors (Lipinski definition) is 0. The van der Waals surface area contributed by atoms with Gasteiger partial charge in [0.2, 0.25) is 0 Å². The zero-order chi connectivity index (χ0) is 43.3. The quantitative estimate of drug-likeness (QED) is 0.166. The van der Waals surface area contributed by atoms with Crippen LogP contribution in [0.25, 0.3) is 49.4 Å². The van der Waals surface area contributed by atoms with Crippen LogP contribution >= 0.6 is 0 Å². The largest absolute Gasteiger partial charge is 0.457 e. The van der Waals surface area contributed by atoms with Crippen molar-refractivity contribution in [1.82, 2.24) is 4.57 Å². The molecule has 0 amide bonds. The van der Waals surface area contributed by atoms with Crippen LogP contribution in [0.3, 0.4) is 0 Å². The van der Waals surface area contributed by atoms with Crippen LogP contribution in [-0.4, -0.2) is 4.57 Å². The van der Waals surface area contributed by atoms with Gasteiger partial charge in [-0.25, -0.2) is 0 Å². The third-order valence-corrected chi connectivity index (χ3v) is 14.3. The standard InChI is InChI=1S/C62H44N2O/c1-61(2)50-28-13-11-27-49(50)60-53(61)31-18-33-56(60)64-55-32-15-12-26-47(55)48-37-35-45(40-57(48)64)63(43-23-7-4-8-24-43)44-36-38-59-54(39-44)62(42-21-5-3-6-22-42,52-29-14-16-34-58(52)65-59)51-30-17-20-41-19-9-10-25-46(41)51/h3-40H,1-2H3. The highest BCUT2D eigenvalue weighted by atomic mass is 16.5. The Morgan fingerprint density at radius 1 is 0.400 bits per heavy atom. The maximum absolute atomic E-state index is 6.94. The van der Waals surface area contributed by atoms with Gasteiger partial charge in [0.25, 0.3) is 0 Å². The Morgan fingerprint density at radius 3 is 1.86 bits per heavy atom. The number of hydrogen-bond acceptors (Lipinski definition) is 2. The fourth-order valence-corrected chi connectivity index (χ4v) is 11.5. The van der Waals surface area contributed by atoms with Crippen molar-refractivity contribution >= 4 is 49.6 Å². The average Bonchev–Trinajstić information content (AvgIpc) is 3.81. The van der Waals surface area contributed by atoms with Gasteiger partial charge in [-0.15, -0.1) is 0 Å².